The molecule has 1 atom stereocenters. The van der Waals surface area contributed by atoms with Crippen LogP contribution in [0.3, 0.4) is 0 Å². The molecule has 1 amide bonds. The van der Waals surface area contributed by atoms with Gasteiger partial charge in [-0.25, -0.2) is 9.78 Å². The minimum Gasteiger partial charge on any atom is -0.479 e. The Balaban J connectivity index is 1.87. The van der Waals surface area contributed by atoms with Gasteiger partial charge in [-0.05, 0) is 11.4 Å². The number of aliphatic carboxylic acids is 1. The summed E-state index contributed by atoms with van der Waals surface area (Å²) in [5.74, 6) is -1.73. The van der Waals surface area contributed by atoms with E-state index in [0.29, 0.717) is 5.69 Å². The van der Waals surface area contributed by atoms with Crippen molar-refractivity contribution in [1.29, 1.82) is 0 Å². The van der Waals surface area contributed by atoms with Gasteiger partial charge in [-0.15, -0.1) is 11.3 Å². The van der Waals surface area contributed by atoms with Gasteiger partial charge in [0.2, 0.25) is 5.91 Å². The van der Waals surface area contributed by atoms with E-state index in [1.165, 1.54) is 11.3 Å². The summed E-state index contributed by atoms with van der Waals surface area (Å²) in [7, 11) is 0. The van der Waals surface area contributed by atoms with E-state index in [1.807, 2.05) is 16.8 Å². The molecule has 2 heterocycles. The highest BCUT2D eigenvalue weighted by Crippen LogP contribution is 2.25. The Morgan fingerprint density at radius 1 is 1.40 bits per heavy atom. The second kappa shape index (κ2) is 6.60. The van der Waals surface area contributed by atoms with Crippen LogP contribution < -0.4 is 5.32 Å². The summed E-state index contributed by atoms with van der Waals surface area (Å²) in [4.78, 5) is 26.3. The van der Waals surface area contributed by atoms with Crippen LogP contribution in [0.5, 0.6) is 0 Å². The van der Waals surface area contributed by atoms with E-state index >= 15 is 0 Å². The fraction of sp³-hybridized carbons (Fsp3) is 0.250. The Morgan fingerprint density at radius 2 is 2.20 bits per heavy atom. The molecule has 8 heteroatoms. The summed E-state index contributed by atoms with van der Waals surface area (Å²) in [6.45, 7) is -0.310. The average molecular weight is 312 g/mol. The number of aliphatic hydroxyl groups excluding tert-OH is 1. The second-order valence-electron chi connectivity index (χ2n) is 3.99. The van der Waals surface area contributed by atoms with Crippen LogP contribution in [0.1, 0.15) is 5.69 Å². The Hall–Kier alpha value is -1.77. The van der Waals surface area contributed by atoms with Gasteiger partial charge in [-0.1, -0.05) is 0 Å². The number of carboxylic acid groups (broad SMARTS) is 1. The number of rotatable bonds is 6. The second-order valence-corrected chi connectivity index (χ2v) is 5.63. The molecule has 0 aliphatic heterocycles. The van der Waals surface area contributed by atoms with Crippen LogP contribution in [0.15, 0.2) is 22.2 Å². The lowest BCUT2D eigenvalue weighted by molar-refractivity contribution is -0.146. The molecule has 3 N–H and O–H groups in total. The van der Waals surface area contributed by atoms with Gasteiger partial charge in [0.25, 0.3) is 0 Å². The number of carboxylic acids is 1. The number of nitrogens with zero attached hydrogens (tertiary/aromatic N) is 1. The van der Waals surface area contributed by atoms with Crippen molar-refractivity contribution in [2.45, 2.75) is 12.5 Å². The highest BCUT2D eigenvalue weighted by atomic mass is 32.1. The number of aromatic nitrogens is 1. The quantitative estimate of drug-likeness (QED) is 0.738. The zero-order valence-electron chi connectivity index (χ0n) is 10.3. The number of amides is 1. The van der Waals surface area contributed by atoms with E-state index in [-0.39, 0.29) is 18.9 Å². The average Bonchev–Trinajstić information content (AvgIpc) is 3.05. The van der Waals surface area contributed by atoms with Crippen LogP contribution >= 0.6 is 22.7 Å². The van der Waals surface area contributed by atoms with Crippen molar-refractivity contribution in [2.75, 3.05) is 6.54 Å². The summed E-state index contributed by atoms with van der Waals surface area (Å²) in [6.07, 6.45) is -1.52. The maximum absolute atomic E-state index is 11.6. The molecule has 0 spiro atoms. The fourth-order valence-corrected chi connectivity index (χ4v) is 2.96. The lowest BCUT2D eigenvalue weighted by atomic mass is 10.3. The highest BCUT2D eigenvalue weighted by Gasteiger charge is 2.15. The maximum atomic E-state index is 11.6. The third-order valence-electron chi connectivity index (χ3n) is 2.44. The van der Waals surface area contributed by atoms with Crippen molar-refractivity contribution in [1.82, 2.24) is 10.3 Å². The van der Waals surface area contributed by atoms with Crippen LogP contribution in [0.25, 0.3) is 10.6 Å². The Morgan fingerprint density at radius 3 is 2.85 bits per heavy atom. The van der Waals surface area contributed by atoms with Gasteiger partial charge in [-0.2, -0.15) is 11.3 Å². The topological polar surface area (TPSA) is 99.5 Å². The number of thiazole rings is 1. The van der Waals surface area contributed by atoms with Gasteiger partial charge >= 0.3 is 5.97 Å². The van der Waals surface area contributed by atoms with Gasteiger partial charge in [0, 0.05) is 16.3 Å². The van der Waals surface area contributed by atoms with Crippen molar-refractivity contribution < 1.29 is 19.8 Å². The van der Waals surface area contributed by atoms with Gasteiger partial charge in [0.05, 0.1) is 18.7 Å². The molecule has 20 heavy (non-hydrogen) atoms. The number of carbonyl (C=O) groups excluding carboxylic acids is 1. The predicted octanol–water partition coefficient (Wildman–Crippen LogP) is 0.976. The zero-order valence-corrected chi connectivity index (χ0v) is 11.9. The summed E-state index contributed by atoms with van der Waals surface area (Å²) < 4.78 is 0. The number of hydrogen-bond acceptors (Lipinski definition) is 6. The van der Waals surface area contributed by atoms with Crippen molar-refractivity contribution in [3.05, 3.63) is 27.9 Å². The summed E-state index contributed by atoms with van der Waals surface area (Å²) in [5.41, 5.74) is 1.64. The molecular formula is C12H12N2O4S2. The van der Waals surface area contributed by atoms with Gasteiger partial charge in [0.15, 0.2) is 6.10 Å². The molecule has 0 bridgehead atoms. The van der Waals surface area contributed by atoms with E-state index in [1.54, 1.807) is 16.7 Å². The standard InChI is InChI=1S/C12H12N2O4S2/c15-9(12(17)18)4-13-10(16)3-8-6-20-11(14-8)7-1-2-19-5-7/h1-2,5-6,9,15H,3-4H2,(H,13,16)(H,17,18)/t9-/m0/s1. The van der Waals surface area contributed by atoms with Crippen LogP contribution in [-0.4, -0.2) is 39.7 Å². The first-order valence-electron chi connectivity index (χ1n) is 5.71. The van der Waals surface area contributed by atoms with E-state index in [4.69, 9.17) is 10.2 Å². The molecule has 0 aliphatic carbocycles. The van der Waals surface area contributed by atoms with Crippen molar-refractivity contribution in [3.63, 3.8) is 0 Å². The molecule has 0 saturated carbocycles. The molecule has 0 fully saturated rings. The number of nitrogens with one attached hydrogen (secondary N) is 1. The van der Waals surface area contributed by atoms with E-state index in [9.17, 15) is 9.59 Å². The number of carbonyl (C=O) groups is 2. The van der Waals surface area contributed by atoms with E-state index < -0.39 is 12.1 Å². The first-order chi connectivity index (χ1) is 9.56. The largest absolute Gasteiger partial charge is 0.479 e. The molecule has 2 rings (SSSR count). The van der Waals surface area contributed by atoms with Gasteiger partial charge < -0.3 is 15.5 Å². The number of aliphatic hydroxyl groups is 1. The van der Waals surface area contributed by atoms with Crippen molar-refractivity contribution in [3.8, 4) is 10.6 Å². The molecular weight excluding hydrogens is 300 g/mol. The SMILES string of the molecule is O=C(Cc1csc(-c2ccsc2)n1)NC[C@H](O)C(=O)O. The summed E-state index contributed by atoms with van der Waals surface area (Å²) in [5, 5.41) is 26.5. The molecule has 0 aromatic carbocycles. The molecule has 2 aromatic rings. The number of hydrogen-bond donors (Lipinski definition) is 3. The molecule has 0 unspecified atom stereocenters. The molecule has 106 valence electrons. The molecule has 0 saturated heterocycles. The van der Waals surface area contributed by atoms with Crippen LogP contribution in [0, 0.1) is 0 Å². The Labute approximate surface area is 122 Å². The lowest BCUT2D eigenvalue weighted by Gasteiger charge is -2.06. The summed E-state index contributed by atoms with van der Waals surface area (Å²) >= 11 is 3.03. The van der Waals surface area contributed by atoms with E-state index in [0.717, 1.165) is 10.6 Å². The van der Waals surface area contributed by atoms with Crippen LogP contribution in [-0.2, 0) is 16.0 Å². The number of thiophene rings is 1. The lowest BCUT2D eigenvalue weighted by Crippen LogP contribution is -2.37. The third kappa shape index (κ3) is 3.86. The first kappa shape index (κ1) is 14.6. The minimum absolute atomic E-state index is 0.0625. The maximum Gasteiger partial charge on any atom is 0.334 e. The Kier molecular flexibility index (Phi) is 4.83. The predicted molar refractivity (Wildman–Crippen MR) is 75.8 cm³/mol. The summed E-state index contributed by atoms with van der Waals surface area (Å²) in [6, 6.07) is 1.95. The minimum atomic E-state index is -1.59. The normalized spacial score (nSPS) is 12.1. The van der Waals surface area contributed by atoms with Crippen molar-refractivity contribution in [2.24, 2.45) is 0 Å². The zero-order chi connectivity index (χ0) is 14.5. The molecule has 0 radical (unpaired) electrons. The smallest absolute Gasteiger partial charge is 0.334 e. The molecule has 6 nitrogen and oxygen atoms in total. The van der Waals surface area contributed by atoms with Crippen LogP contribution in [0.2, 0.25) is 0 Å². The van der Waals surface area contributed by atoms with Gasteiger partial charge in [-0.3, -0.25) is 4.79 Å². The highest BCUT2D eigenvalue weighted by molar-refractivity contribution is 7.14. The van der Waals surface area contributed by atoms with Crippen molar-refractivity contribution >= 4 is 34.6 Å². The Bertz CT molecular complexity index is 594. The monoisotopic (exact) mass is 312 g/mol. The van der Waals surface area contributed by atoms with E-state index in [2.05, 4.69) is 10.3 Å². The molecule has 0 aliphatic rings. The fourth-order valence-electron chi connectivity index (χ4n) is 1.43. The van der Waals surface area contributed by atoms with Gasteiger partial charge in [0.1, 0.15) is 5.01 Å². The molecule has 2 aromatic heterocycles. The first-order valence-corrected chi connectivity index (χ1v) is 7.53. The van der Waals surface area contributed by atoms with Crippen LogP contribution in [0.4, 0.5) is 0 Å². The third-order valence-corrected chi connectivity index (χ3v) is 4.06.